The summed E-state index contributed by atoms with van der Waals surface area (Å²) < 4.78 is 11.2. The fraction of sp³-hybridized carbons (Fsp3) is 0.692. The van der Waals surface area contributed by atoms with Crippen LogP contribution in [-0.4, -0.2) is 41.4 Å². The molecule has 2 N–H and O–H groups in total. The van der Waals surface area contributed by atoms with Gasteiger partial charge in [0.25, 0.3) is 0 Å². The van der Waals surface area contributed by atoms with Crippen molar-refractivity contribution in [3.8, 4) is 0 Å². The third-order valence-corrected chi connectivity index (χ3v) is 3.00. The Morgan fingerprint density at radius 3 is 1.76 bits per heavy atom. The van der Waals surface area contributed by atoms with Gasteiger partial charge >= 0.3 is 0 Å². The van der Waals surface area contributed by atoms with Crippen LogP contribution in [0.4, 0.5) is 0 Å². The minimum Gasteiger partial charge on any atom is -0.389 e. The zero-order chi connectivity index (χ0) is 12.7. The molecular formula is C13H22O4. The van der Waals surface area contributed by atoms with E-state index in [9.17, 15) is 10.2 Å². The third-order valence-electron chi connectivity index (χ3n) is 3.00. The molecule has 0 aromatic rings. The summed E-state index contributed by atoms with van der Waals surface area (Å²) in [7, 11) is 0. The summed E-state index contributed by atoms with van der Waals surface area (Å²) in [6, 6.07) is 0. The van der Waals surface area contributed by atoms with Gasteiger partial charge in [0.1, 0.15) is 0 Å². The van der Waals surface area contributed by atoms with Crippen LogP contribution < -0.4 is 0 Å². The number of aliphatic hydroxyl groups excluding tert-OH is 2. The van der Waals surface area contributed by atoms with Crippen LogP contribution in [-0.2, 0) is 9.47 Å². The highest BCUT2D eigenvalue weighted by Gasteiger charge is 2.36. The molecule has 1 rings (SSSR count). The van der Waals surface area contributed by atoms with Crippen molar-refractivity contribution in [2.24, 2.45) is 0 Å². The van der Waals surface area contributed by atoms with Gasteiger partial charge in [-0.3, -0.25) is 0 Å². The van der Waals surface area contributed by atoms with Gasteiger partial charge in [0.05, 0.1) is 25.4 Å². The van der Waals surface area contributed by atoms with E-state index in [1.54, 1.807) is 0 Å². The molecule has 0 amide bonds. The van der Waals surface area contributed by atoms with Crippen molar-refractivity contribution in [1.29, 1.82) is 0 Å². The minimum atomic E-state index is -0.659. The molecule has 2 atom stereocenters. The molecule has 1 aliphatic heterocycles. The highest BCUT2D eigenvalue weighted by molar-refractivity contribution is 4.85. The van der Waals surface area contributed by atoms with Crippen molar-refractivity contribution in [2.75, 3.05) is 13.2 Å². The number of aliphatic hydroxyl groups is 2. The topological polar surface area (TPSA) is 58.9 Å². The molecule has 17 heavy (non-hydrogen) atoms. The van der Waals surface area contributed by atoms with Crippen molar-refractivity contribution in [2.45, 2.75) is 43.7 Å². The van der Waals surface area contributed by atoms with Crippen molar-refractivity contribution < 1.29 is 19.7 Å². The molecule has 0 radical (unpaired) electrons. The van der Waals surface area contributed by atoms with E-state index in [0.29, 0.717) is 38.9 Å². The first kappa shape index (κ1) is 14.4. The summed E-state index contributed by atoms with van der Waals surface area (Å²) in [5, 5.41) is 18.9. The van der Waals surface area contributed by atoms with Crippen molar-refractivity contribution in [3.63, 3.8) is 0 Å². The average molecular weight is 242 g/mol. The van der Waals surface area contributed by atoms with Crippen LogP contribution in [0.25, 0.3) is 0 Å². The molecule has 0 aromatic carbocycles. The van der Waals surface area contributed by atoms with Gasteiger partial charge in [0, 0.05) is 12.8 Å². The van der Waals surface area contributed by atoms with E-state index in [2.05, 4.69) is 13.2 Å². The molecule has 98 valence electrons. The Morgan fingerprint density at radius 2 is 1.41 bits per heavy atom. The first-order chi connectivity index (χ1) is 8.12. The molecule has 0 unspecified atom stereocenters. The van der Waals surface area contributed by atoms with Gasteiger partial charge in [-0.05, 0) is 12.8 Å². The molecule has 0 spiro atoms. The van der Waals surface area contributed by atoms with Gasteiger partial charge in [0.15, 0.2) is 5.79 Å². The molecule has 4 heteroatoms. The first-order valence-electron chi connectivity index (χ1n) is 6.01. The van der Waals surface area contributed by atoms with Gasteiger partial charge in [-0.1, -0.05) is 12.2 Å². The van der Waals surface area contributed by atoms with Crippen LogP contribution in [0.2, 0.25) is 0 Å². The van der Waals surface area contributed by atoms with Gasteiger partial charge in [-0.15, -0.1) is 13.2 Å². The third kappa shape index (κ3) is 4.60. The summed E-state index contributed by atoms with van der Waals surface area (Å²) in [5.41, 5.74) is 0. The molecule has 1 saturated heterocycles. The van der Waals surface area contributed by atoms with E-state index in [1.165, 1.54) is 12.2 Å². The van der Waals surface area contributed by atoms with Crippen LogP contribution in [0.3, 0.4) is 0 Å². The zero-order valence-electron chi connectivity index (χ0n) is 10.2. The van der Waals surface area contributed by atoms with Crippen molar-refractivity contribution >= 4 is 0 Å². The molecule has 1 fully saturated rings. The second-order valence-electron chi connectivity index (χ2n) is 4.29. The van der Waals surface area contributed by atoms with E-state index >= 15 is 0 Å². The first-order valence-corrected chi connectivity index (χ1v) is 6.01. The SMILES string of the molecule is C=C[C@@H](O)CCC1(CC[C@H](O)C=C)OCCO1. The minimum absolute atomic E-state index is 0.538. The number of ether oxygens (including phenoxy) is 2. The summed E-state index contributed by atoms with van der Waals surface area (Å²) >= 11 is 0. The van der Waals surface area contributed by atoms with Crippen LogP contribution in [0.1, 0.15) is 25.7 Å². The Kier molecular flexibility index (Phi) is 5.85. The van der Waals surface area contributed by atoms with E-state index < -0.39 is 18.0 Å². The molecular weight excluding hydrogens is 220 g/mol. The molecule has 1 heterocycles. The lowest BCUT2D eigenvalue weighted by Crippen LogP contribution is -2.32. The fourth-order valence-electron chi connectivity index (χ4n) is 1.88. The maximum Gasteiger partial charge on any atom is 0.168 e. The van der Waals surface area contributed by atoms with Gasteiger partial charge in [-0.25, -0.2) is 0 Å². The second kappa shape index (κ2) is 6.91. The molecule has 1 aliphatic rings. The van der Waals surface area contributed by atoms with Crippen molar-refractivity contribution in [3.05, 3.63) is 25.3 Å². The predicted octanol–water partition coefficient (Wildman–Crippen LogP) is 1.38. The predicted molar refractivity (Wildman–Crippen MR) is 65.5 cm³/mol. The van der Waals surface area contributed by atoms with Crippen molar-refractivity contribution in [1.82, 2.24) is 0 Å². The van der Waals surface area contributed by atoms with E-state index in [0.717, 1.165) is 0 Å². The summed E-state index contributed by atoms with van der Waals surface area (Å²) in [4.78, 5) is 0. The summed E-state index contributed by atoms with van der Waals surface area (Å²) in [6.07, 6.45) is 4.23. The maximum absolute atomic E-state index is 9.46. The van der Waals surface area contributed by atoms with Crippen LogP contribution >= 0.6 is 0 Å². The lowest BCUT2D eigenvalue weighted by atomic mass is 10.00. The highest BCUT2D eigenvalue weighted by atomic mass is 16.7. The fourth-order valence-corrected chi connectivity index (χ4v) is 1.88. The summed E-state index contributed by atoms with van der Waals surface area (Å²) in [6.45, 7) is 8.19. The van der Waals surface area contributed by atoms with Gasteiger partial charge < -0.3 is 19.7 Å². The number of hydrogen-bond donors (Lipinski definition) is 2. The van der Waals surface area contributed by atoms with E-state index in [-0.39, 0.29) is 0 Å². The van der Waals surface area contributed by atoms with Crippen LogP contribution in [0.5, 0.6) is 0 Å². The van der Waals surface area contributed by atoms with E-state index in [4.69, 9.17) is 9.47 Å². The average Bonchev–Trinajstić information content (AvgIpc) is 2.82. The quantitative estimate of drug-likeness (QED) is 0.631. The molecule has 4 nitrogen and oxygen atoms in total. The smallest absolute Gasteiger partial charge is 0.168 e. The Morgan fingerprint density at radius 1 is 1.00 bits per heavy atom. The van der Waals surface area contributed by atoms with Crippen LogP contribution in [0, 0.1) is 0 Å². The largest absolute Gasteiger partial charge is 0.389 e. The number of rotatable bonds is 8. The molecule has 0 saturated carbocycles. The second-order valence-corrected chi connectivity index (χ2v) is 4.29. The lowest BCUT2D eigenvalue weighted by molar-refractivity contribution is -0.173. The number of hydrogen-bond acceptors (Lipinski definition) is 4. The van der Waals surface area contributed by atoms with Crippen LogP contribution in [0.15, 0.2) is 25.3 Å². The van der Waals surface area contributed by atoms with Gasteiger partial charge in [0.2, 0.25) is 0 Å². The molecule has 0 aromatic heterocycles. The molecule has 0 aliphatic carbocycles. The monoisotopic (exact) mass is 242 g/mol. The Labute approximate surface area is 103 Å². The normalized spacial score (nSPS) is 22.0. The standard InChI is InChI=1S/C13H22O4/c1-3-11(14)5-7-13(16-9-10-17-13)8-6-12(15)4-2/h3-4,11-12,14-15H,1-2,5-10H2/t11-,12-/m1/s1. The van der Waals surface area contributed by atoms with Gasteiger partial charge in [-0.2, -0.15) is 0 Å². The lowest BCUT2D eigenvalue weighted by Gasteiger charge is -2.28. The highest BCUT2D eigenvalue weighted by Crippen LogP contribution is 2.31. The summed E-state index contributed by atoms with van der Waals surface area (Å²) in [5.74, 6) is -0.659. The maximum atomic E-state index is 9.46. The zero-order valence-corrected chi connectivity index (χ0v) is 10.2. The Bertz CT molecular complexity index is 226. The Balaban J connectivity index is 2.44. The Hall–Kier alpha value is -0.680. The van der Waals surface area contributed by atoms with E-state index in [1.807, 2.05) is 0 Å². The molecule has 0 bridgehead atoms.